The van der Waals surface area contributed by atoms with E-state index in [4.69, 9.17) is 20.6 Å². The van der Waals surface area contributed by atoms with E-state index in [9.17, 15) is 8.42 Å². The number of methoxy groups -OCH3 is 2. The van der Waals surface area contributed by atoms with Crippen LogP contribution < -0.4 is 9.47 Å². The van der Waals surface area contributed by atoms with Gasteiger partial charge in [-0.25, -0.2) is 6.57 Å². The van der Waals surface area contributed by atoms with E-state index in [1.165, 1.54) is 0 Å². The average Bonchev–Trinajstić information content (AvgIpc) is 2.50. The highest BCUT2D eigenvalue weighted by atomic mass is 32.2. The first-order valence-electron chi connectivity index (χ1n) is 7.28. The maximum atomic E-state index is 10.7. The van der Waals surface area contributed by atoms with Crippen LogP contribution in [0.15, 0.2) is 18.2 Å². The van der Waals surface area contributed by atoms with Gasteiger partial charge < -0.3 is 14.3 Å². The summed E-state index contributed by atoms with van der Waals surface area (Å²) < 4.78 is 40.6. The zero-order chi connectivity index (χ0) is 17.5. The first-order chi connectivity index (χ1) is 10.7. The molecule has 1 N–H and O–H groups in total. The summed E-state index contributed by atoms with van der Waals surface area (Å²) in [5.74, 6) is 0.981. The largest absolute Gasteiger partial charge is 0.493 e. The average molecular weight is 341 g/mol. The fraction of sp³-hybridized carbons (Fsp3) is 0.562. The quantitative estimate of drug-likeness (QED) is 0.424. The number of hydrogen-bond acceptors (Lipinski definition) is 4. The summed E-state index contributed by atoms with van der Waals surface area (Å²) in [6.45, 7) is 9.29. The highest BCUT2D eigenvalue weighted by Gasteiger charge is 2.30. The van der Waals surface area contributed by atoms with Crippen LogP contribution in [-0.2, 0) is 16.5 Å². The molecule has 0 fully saturated rings. The van der Waals surface area contributed by atoms with E-state index in [1.807, 2.05) is 19.1 Å². The van der Waals surface area contributed by atoms with Crippen molar-refractivity contribution in [2.75, 3.05) is 20.0 Å². The molecule has 6 nitrogen and oxygen atoms in total. The lowest BCUT2D eigenvalue weighted by Gasteiger charge is -2.18. The van der Waals surface area contributed by atoms with Gasteiger partial charge in [0, 0.05) is 13.3 Å². The monoisotopic (exact) mass is 341 g/mol. The van der Waals surface area contributed by atoms with Crippen LogP contribution in [0.25, 0.3) is 4.85 Å². The number of nitrogens with zero attached hydrogens (tertiary/aromatic N) is 1. The molecule has 0 amide bonds. The molecule has 23 heavy (non-hydrogen) atoms. The molecule has 1 atom stereocenters. The summed E-state index contributed by atoms with van der Waals surface area (Å²) in [4.78, 5) is 3.71. The summed E-state index contributed by atoms with van der Waals surface area (Å²) in [6.07, 6.45) is 1.99. The van der Waals surface area contributed by atoms with Crippen LogP contribution >= 0.6 is 0 Å². The number of benzene rings is 1. The normalized spacial score (nSPS) is 13.9. The standard InChI is InChI=1S/C16H23NO5S/c1-16(17-2,9-5-6-10-23(18,19)20)12-13-7-8-14(21-3)15(11-13)22-4/h7-8,11H,5-6,9-10,12H2,1,3-4H3,(H,18,19,20). The van der Waals surface area contributed by atoms with Gasteiger partial charge in [0.2, 0.25) is 5.54 Å². The van der Waals surface area contributed by atoms with Crippen molar-refractivity contribution in [1.29, 1.82) is 0 Å². The molecule has 1 unspecified atom stereocenters. The molecule has 0 aliphatic rings. The highest BCUT2D eigenvalue weighted by molar-refractivity contribution is 7.85. The minimum atomic E-state index is -3.93. The lowest BCUT2D eigenvalue weighted by molar-refractivity contribution is 0.354. The van der Waals surface area contributed by atoms with E-state index in [2.05, 4.69) is 4.85 Å². The minimum absolute atomic E-state index is 0.266. The molecule has 1 aromatic carbocycles. The van der Waals surface area contributed by atoms with Gasteiger partial charge in [0.15, 0.2) is 11.5 Å². The van der Waals surface area contributed by atoms with Crippen molar-refractivity contribution in [3.8, 4) is 11.5 Å². The maximum absolute atomic E-state index is 10.7. The van der Waals surface area contributed by atoms with Gasteiger partial charge in [-0.05, 0) is 30.5 Å². The summed E-state index contributed by atoms with van der Waals surface area (Å²) in [6, 6.07) is 5.54. The lowest BCUT2D eigenvalue weighted by atomic mass is 9.88. The van der Waals surface area contributed by atoms with Crippen LogP contribution in [0.2, 0.25) is 0 Å². The molecule has 0 saturated carbocycles. The van der Waals surface area contributed by atoms with Crippen molar-refractivity contribution >= 4 is 10.1 Å². The van der Waals surface area contributed by atoms with Gasteiger partial charge in [0.25, 0.3) is 10.1 Å². The van der Waals surface area contributed by atoms with E-state index < -0.39 is 15.7 Å². The zero-order valence-electron chi connectivity index (χ0n) is 13.7. The van der Waals surface area contributed by atoms with Gasteiger partial charge in [-0.1, -0.05) is 6.07 Å². The van der Waals surface area contributed by atoms with Crippen LogP contribution in [-0.4, -0.2) is 38.5 Å². The molecular weight excluding hydrogens is 318 g/mol. The molecule has 1 rings (SSSR count). The first kappa shape index (κ1) is 19.3. The predicted molar refractivity (Wildman–Crippen MR) is 88.5 cm³/mol. The van der Waals surface area contributed by atoms with Gasteiger partial charge in [0.1, 0.15) is 0 Å². The van der Waals surface area contributed by atoms with Gasteiger partial charge in [0.05, 0.1) is 26.4 Å². The number of rotatable bonds is 9. The van der Waals surface area contributed by atoms with Gasteiger partial charge >= 0.3 is 0 Å². The Bertz CT molecular complexity index is 666. The molecule has 0 saturated heterocycles. The number of hydrogen-bond donors (Lipinski definition) is 1. The van der Waals surface area contributed by atoms with E-state index in [-0.39, 0.29) is 5.75 Å². The smallest absolute Gasteiger partial charge is 0.264 e. The Balaban J connectivity index is 2.72. The SMILES string of the molecule is [C-]#[N+]C(C)(CCCCS(=O)(=O)O)Cc1ccc(OC)c(OC)c1. The second-order valence-electron chi connectivity index (χ2n) is 5.72. The van der Waals surface area contributed by atoms with E-state index in [0.29, 0.717) is 37.2 Å². The number of ether oxygens (including phenoxy) is 2. The van der Waals surface area contributed by atoms with Crippen molar-refractivity contribution < 1.29 is 22.4 Å². The predicted octanol–water partition coefficient (Wildman–Crippen LogP) is 2.98. The van der Waals surface area contributed by atoms with E-state index in [0.717, 1.165) is 5.56 Å². The Morgan fingerprint density at radius 2 is 1.87 bits per heavy atom. The molecule has 128 valence electrons. The minimum Gasteiger partial charge on any atom is -0.493 e. The maximum Gasteiger partial charge on any atom is 0.264 e. The van der Waals surface area contributed by atoms with Crippen LogP contribution in [0.5, 0.6) is 11.5 Å². The Morgan fingerprint density at radius 1 is 1.22 bits per heavy atom. The van der Waals surface area contributed by atoms with E-state index in [1.54, 1.807) is 20.3 Å². The fourth-order valence-corrected chi connectivity index (χ4v) is 2.97. The van der Waals surface area contributed by atoms with Crippen LogP contribution in [0.4, 0.5) is 0 Å². The van der Waals surface area contributed by atoms with Gasteiger partial charge in [-0.15, -0.1) is 0 Å². The molecule has 0 spiro atoms. The summed E-state index contributed by atoms with van der Waals surface area (Å²) in [5, 5.41) is 0. The molecule has 1 aromatic rings. The van der Waals surface area contributed by atoms with Crippen LogP contribution in [0.1, 0.15) is 31.7 Å². The van der Waals surface area contributed by atoms with Gasteiger partial charge in [-0.2, -0.15) is 8.42 Å². The second kappa shape index (κ2) is 8.18. The third-order valence-electron chi connectivity index (χ3n) is 3.67. The fourth-order valence-electron chi connectivity index (χ4n) is 2.40. The third kappa shape index (κ3) is 6.47. The van der Waals surface area contributed by atoms with Crippen molar-refractivity contribution in [3.05, 3.63) is 35.2 Å². The molecule has 7 heteroatoms. The topological polar surface area (TPSA) is 77.2 Å². The second-order valence-corrected chi connectivity index (χ2v) is 7.29. The third-order valence-corrected chi connectivity index (χ3v) is 4.48. The zero-order valence-corrected chi connectivity index (χ0v) is 14.5. The Hall–Kier alpha value is -1.78. The molecule has 0 heterocycles. The summed E-state index contributed by atoms with van der Waals surface area (Å²) in [5.41, 5.74) is 0.328. The molecular formula is C16H23NO5S. The molecule has 0 aliphatic heterocycles. The van der Waals surface area contributed by atoms with Gasteiger partial charge in [-0.3, -0.25) is 4.55 Å². The summed E-state index contributed by atoms with van der Waals surface area (Å²) in [7, 11) is -0.806. The Morgan fingerprint density at radius 3 is 2.39 bits per heavy atom. The summed E-state index contributed by atoms with van der Waals surface area (Å²) >= 11 is 0. The molecule has 0 aliphatic carbocycles. The Labute approximate surface area is 138 Å². The highest BCUT2D eigenvalue weighted by Crippen LogP contribution is 2.31. The molecule has 0 bridgehead atoms. The van der Waals surface area contributed by atoms with Crippen molar-refractivity contribution in [1.82, 2.24) is 0 Å². The Kier molecular flexibility index (Phi) is 6.85. The van der Waals surface area contributed by atoms with Crippen molar-refractivity contribution in [2.24, 2.45) is 0 Å². The van der Waals surface area contributed by atoms with Crippen molar-refractivity contribution in [2.45, 2.75) is 38.1 Å². The van der Waals surface area contributed by atoms with Crippen molar-refractivity contribution in [3.63, 3.8) is 0 Å². The van der Waals surface area contributed by atoms with E-state index >= 15 is 0 Å². The molecule has 0 radical (unpaired) electrons. The lowest BCUT2D eigenvalue weighted by Crippen LogP contribution is -2.23. The number of unbranched alkanes of at least 4 members (excludes halogenated alkanes) is 1. The van der Waals surface area contributed by atoms with Crippen LogP contribution in [0, 0.1) is 6.57 Å². The van der Waals surface area contributed by atoms with Crippen LogP contribution in [0.3, 0.4) is 0 Å². The first-order valence-corrected chi connectivity index (χ1v) is 8.88. The molecule has 0 aromatic heterocycles.